The van der Waals surface area contributed by atoms with Crippen molar-refractivity contribution in [1.29, 1.82) is 0 Å². The van der Waals surface area contributed by atoms with Crippen LogP contribution < -0.4 is 9.62 Å². The van der Waals surface area contributed by atoms with Gasteiger partial charge in [-0.05, 0) is 66.9 Å². The lowest BCUT2D eigenvalue weighted by Crippen LogP contribution is -2.38. The van der Waals surface area contributed by atoms with Crippen LogP contribution in [0.5, 0.6) is 0 Å². The molecular weight excluding hydrogens is 536 g/mol. The van der Waals surface area contributed by atoms with E-state index in [0.29, 0.717) is 28.6 Å². The number of hydrogen-bond donors (Lipinski definition) is 1. The number of nitrogens with one attached hydrogen (secondary N) is 1. The van der Waals surface area contributed by atoms with E-state index in [9.17, 15) is 13.2 Å². The Hall–Kier alpha value is -3.26. The van der Waals surface area contributed by atoms with Crippen LogP contribution in [0.3, 0.4) is 0 Å². The Kier molecular flexibility index (Phi) is 9.15. The molecule has 0 atom stereocenters. The highest BCUT2D eigenvalue weighted by atomic mass is 35.5. The first-order chi connectivity index (χ1) is 18.3. The predicted octanol–water partition coefficient (Wildman–Crippen LogP) is 7.34. The smallest absolute Gasteiger partial charge is 0.264 e. The molecule has 5 nitrogen and oxygen atoms in total. The highest BCUT2D eigenvalue weighted by Crippen LogP contribution is 2.31. The van der Waals surface area contributed by atoms with Crippen LogP contribution in [0.4, 0.5) is 11.4 Å². The third-order valence-corrected chi connectivity index (χ3v) is 9.18. The zero-order chi connectivity index (χ0) is 27.1. The summed E-state index contributed by atoms with van der Waals surface area (Å²) in [5, 5.41) is 3.62. The SMILES string of the molecule is CCc1ccccc1N(CC(=O)Nc1ccccc1SCc1ccc(Cl)cc1)S(=O)(=O)c1ccc(C)cc1. The first-order valence-electron chi connectivity index (χ1n) is 12.2. The standard InChI is InChI=1S/C30H29ClN2O3S2/c1-3-24-8-4-6-10-28(24)33(38(35,36)26-18-12-22(2)13-19-26)20-30(34)32-27-9-5-7-11-29(27)37-21-23-14-16-25(31)17-15-23/h4-19H,3,20-21H2,1-2H3,(H,32,34). The number of halogens is 1. The summed E-state index contributed by atoms with van der Waals surface area (Å²) in [4.78, 5) is 14.4. The van der Waals surface area contributed by atoms with Gasteiger partial charge in [-0.2, -0.15) is 0 Å². The van der Waals surface area contributed by atoms with Crippen molar-refractivity contribution in [2.45, 2.75) is 35.8 Å². The molecule has 0 fully saturated rings. The molecule has 0 aliphatic rings. The average molecular weight is 565 g/mol. The van der Waals surface area contributed by atoms with Crippen LogP contribution in [0.15, 0.2) is 107 Å². The van der Waals surface area contributed by atoms with Crippen LogP contribution in [-0.4, -0.2) is 20.9 Å². The van der Waals surface area contributed by atoms with Crippen LogP contribution in [0.1, 0.15) is 23.6 Å². The number of sulfonamides is 1. The molecular formula is C30H29ClN2O3S2. The van der Waals surface area contributed by atoms with Crippen molar-refractivity contribution in [1.82, 2.24) is 0 Å². The predicted molar refractivity (Wildman–Crippen MR) is 158 cm³/mol. The number of benzene rings is 4. The Morgan fingerprint density at radius 1 is 0.895 bits per heavy atom. The fourth-order valence-electron chi connectivity index (χ4n) is 3.95. The summed E-state index contributed by atoms with van der Waals surface area (Å²) in [5.74, 6) is 0.271. The Labute approximate surface area is 233 Å². The summed E-state index contributed by atoms with van der Waals surface area (Å²) in [7, 11) is -3.99. The topological polar surface area (TPSA) is 66.5 Å². The molecule has 1 N–H and O–H groups in total. The number of nitrogens with zero attached hydrogens (tertiary/aromatic N) is 1. The van der Waals surface area contributed by atoms with E-state index >= 15 is 0 Å². The van der Waals surface area contributed by atoms with Gasteiger partial charge in [0.15, 0.2) is 0 Å². The molecule has 4 aromatic carbocycles. The molecule has 0 bridgehead atoms. The molecule has 4 rings (SSSR count). The molecule has 0 radical (unpaired) electrons. The number of anilines is 2. The van der Waals surface area contributed by atoms with Gasteiger partial charge in [-0.15, -0.1) is 11.8 Å². The molecule has 0 aliphatic carbocycles. The van der Waals surface area contributed by atoms with E-state index in [1.807, 2.05) is 74.5 Å². The lowest BCUT2D eigenvalue weighted by Gasteiger charge is -2.26. The summed E-state index contributed by atoms with van der Waals surface area (Å²) < 4.78 is 28.8. The monoisotopic (exact) mass is 564 g/mol. The van der Waals surface area contributed by atoms with Gasteiger partial charge in [-0.1, -0.05) is 78.7 Å². The van der Waals surface area contributed by atoms with Crippen LogP contribution in [0.2, 0.25) is 5.02 Å². The quantitative estimate of drug-likeness (QED) is 0.205. The van der Waals surface area contributed by atoms with Gasteiger partial charge < -0.3 is 5.32 Å². The average Bonchev–Trinajstić information content (AvgIpc) is 2.92. The normalized spacial score (nSPS) is 11.2. The minimum atomic E-state index is -3.99. The van der Waals surface area contributed by atoms with Crippen LogP contribution >= 0.6 is 23.4 Å². The molecule has 4 aromatic rings. The maximum absolute atomic E-state index is 13.8. The number of thioether (sulfide) groups is 1. The van der Waals surface area contributed by atoms with Crippen molar-refractivity contribution < 1.29 is 13.2 Å². The van der Waals surface area contributed by atoms with E-state index in [0.717, 1.165) is 21.6 Å². The van der Waals surface area contributed by atoms with Gasteiger partial charge in [-0.3, -0.25) is 9.10 Å². The highest BCUT2D eigenvalue weighted by molar-refractivity contribution is 7.98. The number of aryl methyl sites for hydroxylation is 2. The minimum Gasteiger partial charge on any atom is -0.323 e. The largest absolute Gasteiger partial charge is 0.323 e. The second kappa shape index (κ2) is 12.5. The lowest BCUT2D eigenvalue weighted by molar-refractivity contribution is -0.114. The minimum absolute atomic E-state index is 0.140. The number of hydrogen-bond acceptors (Lipinski definition) is 4. The van der Waals surface area contributed by atoms with Crippen LogP contribution in [0.25, 0.3) is 0 Å². The van der Waals surface area contributed by atoms with Crippen LogP contribution in [0, 0.1) is 6.92 Å². The molecule has 0 aliphatic heterocycles. The Balaban J connectivity index is 1.59. The van der Waals surface area contributed by atoms with Crippen molar-refractivity contribution in [3.63, 3.8) is 0 Å². The van der Waals surface area contributed by atoms with Gasteiger partial charge in [0, 0.05) is 15.7 Å². The molecule has 0 unspecified atom stereocenters. The zero-order valence-corrected chi connectivity index (χ0v) is 23.6. The van der Waals surface area contributed by atoms with Crippen molar-refractivity contribution >= 4 is 50.7 Å². The fraction of sp³-hybridized carbons (Fsp3) is 0.167. The van der Waals surface area contributed by atoms with E-state index in [-0.39, 0.29) is 11.4 Å². The van der Waals surface area contributed by atoms with Crippen LogP contribution in [-0.2, 0) is 27.0 Å². The van der Waals surface area contributed by atoms with E-state index < -0.39 is 15.9 Å². The molecule has 8 heteroatoms. The number of carbonyl (C=O) groups is 1. The molecule has 196 valence electrons. The molecule has 0 heterocycles. The Morgan fingerprint density at radius 3 is 2.26 bits per heavy atom. The molecule has 0 aromatic heterocycles. The maximum Gasteiger partial charge on any atom is 0.264 e. The lowest BCUT2D eigenvalue weighted by atomic mass is 10.1. The summed E-state index contributed by atoms with van der Waals surface area (Å²) in [6, 6.07) is 29.1. The highest BCUT2D eigenvalue weighted by Gasteiger charge is 2.28. The fourth-order valence-corrected chi connectivity index (χ4v) is 6.50. The summed E-state index contributed by atoms with van der Waals surface area (Å²) in [5.41, 5.74) is 4.03. The summed E-state index contributed by atoms with van der Waals surface area (Å²) >= 11 is 7.58. The first kappa shape index (κ1) is 27.8. The van der Waals surface area contributed by atoms with Gasteiger partial charge >= 0.3 is 0 Å². The van der Waals surface area contributed by atoms with E-state index in [1.54, 1.807) is 48.2 Å². The van der Waals surface area contributed by atoms with E-state index in [4.69, 9.17) is 11.6 Å². The number of amides is 1. The van der Waals surface area contributed by atoms with E-state index in [1.165, 1.54) is 4.31 Å². The Morgan fingerprint density at radius 2 is 1.55 bits per heavy atom. The van der Waals surface area contributed by atoms with E-state index in [2.05, 4.69) is 5.32 Å². The van der Waals surface area contributed by atoms with Gasteiger partial charge in [-0.25, -0.2) is 8.42 Å². The zero-order valence-electron chi connectivity index (χ0n) is 21.2. The summed E-state index contributed by atoms with van der Waals surface area (Å²) in [6.07, 6.45) is 0.627. The van der Waals surface area contributed by atoms with Crippen molar-refractivity contribution in [2.24, 2.45) is 0 Å². The van der Waals surface area contributed by atoms with Crippen molar-refractivity contribution in [2.75, 3.05) is 16.2 Å². The third kappa shape index (κ3) is 6.78. The second-order valence-corrected chi connectivity index (χ2v) is 12.1. The first-order valence-corrected chi connectivity index (χ1v) is 15.0. The van der Waals surface area contributed by atoms with Gasteiger partial charge in [0.25, 0.3) is 10.0 Å². The van der Waals surface area contributed by atoms with Crippen molar-refractivity contribution in [3.8, 4) is 0 Å². The number of carbonyl (C=O) groups excluding carboxylic acids is 1. The third-order valence-electron chi connectivity index (χ3n) is 6.01. The molecule has 38 heavy (non-hydrogen) atoms. The second-order valence-electron chi connectivity index (χ2n) is 8.77. The maximum atomic E-state index is 13.8. The molecule has 0 saturated carbocycles. The molecule has 0 spiro atoms. The molecule has 0 saturated heterocycles. The molecule has 1 amide bonds. The Bertz CT molecular complexity index is 1510. The number of rotatable bonds is 10. The van der Waals surface area contributed by atoms with Gasteiger partial charge in [0.05, 0.1) is 16.3 Å². The summed E-state index contributed by atoms with van der Waals surface area (Å²) in [6.45, 7) is 3.50. The van der Waals surface area contributed by atoms with Gasteiger partial charge in [0.1, 0.15) is 6.54 Å². The number of para-hydroxylation sites is 2. The van der Waals surface area contributed by atoms with Crippen molar-refractivity contribution in [3.05, 3.63) is 119 Å². The van der Waals surface area contributed by atoms with Gasteiger partial charge in [0.2, 0.25) is 5.91 Å².